The molecule has 0 bridgehead atoms. The molecular weight excluding hydrogens is 304 g/mol. The quantitative estimate of drug-likeness (QED) is 0.744. The van der Waals surface area contributed by atoms with Gasteiger partial charge >= 0.3 is 0 Å². The zero-order valence-electron chi connectivity index (χ0n) is 13.9. The van der Waals surface area contributed by atoms with Crippen molar-refractivity contribution in [3.63, 3.8) is 0 Å². The monoisotopic (exact) mass is 328 g/mol. The summed E-state index contributed by atoms with van der Waals surface area (Å²) in [5.41, 5.74) is 3.48. The van der Waals surface area contributed by atoms with Gasteiger partial charge in [0.25, 0.3) is 0 Å². The van der Waals surface area contributed by atoms with E-state index in [4.69, 9.17) is 17.0 Å². The van der Waals surface area contributed by atoms with Crippen molar-refractivity contribution in [2.45, 2.75) is 33.2 Å². The molecule has 2 aromatic carbocycles. The third-order valence-corrected chi connectivity index (χ3v) is 3.90. The highest BCUT2D eigenvalue weighted by Crippen LogP contribution is 2.21. The molecule has 1 unspecified atom stereocenters. The molecule has 2 rings (SSSR count). The van der Waals surface area contributed by atoms with E-state index in [1.807, 2.05) is 31.2 Å². The first-order valence-electron chi connectivity index (χ1n) is 8.00. The standard InChI is InChI=1S/C19H24N2OS/c1-4-18(17-12-7-6-9-14(17)3)21-19(23)20-15-10-8-11-16(13-15)22-5-2/h6-13,18H,4-5H2,1-3H3,(H2,20,21,23). The van der Waals surface area contributed by atoms with Gasteiger partial charge in [-0.25, -0.2) is 0 Å². The maximum Gasteiger partial charge on any atom is 0.171 e. The van der Waals surface area contributed by atoms with Crippen LogP contribution in [0.3, 0.4) is 0 Å². The van der Waals surface area contributed by atoms with Gasteiger partial charge in [-0.1, -0.05) is 37.3 Å². The number of rotatable bonds is 6. The Morgan fingerprint density at radius 1 is 1.13 bits per heavy atom. The number of thiocarbonyl (C=S) groups is 1. The van der Waals surface area contributed by atoms with E-state index in [1.54, 1.807) is 0 Å². The topological polar surface area (TPSA) is 33.3 Å². The molecule has 122 valence electrons. The second kappa shape index (κ2) is 8.53. The van der Waals surface area contributed by atoms with Crippen LogP contribution in [0.15, 0.2) is 48.5 Å². The predicted molar refractivity (Wildman–Crippen MR) is 101 cm³/mol. The smallest absolute Gasteiger partial charge is 0.171 e. The summed E-state index contributed by atoms with van der Waals surface area (Å²) in [5, 5.41) is 7.26. The SMILES string of the molecule is CCOc1cccc(NC(=S)NC(CC)c2ccccc2C)c1. The molecule has 1 atom stereocenters. The Morgan fingerprint density at radius 3 is 2.61 bits per heavy atom. The summed E-state index contributed by atoms with van der Waals surface area (Å²) in [4.78, 5) is 0. The van der Waals surface area contributed by atoms with E-state index in [0.717, 1.165) is 17.9 Å². The van der Waals surface area contributed by atoms with E-state index in [-0.39, 0.29) is 6.04 Å². The van der Waals surface area contributed by atoms with Crippen molar-refractivity contribution in [3.05, 3.63) is 59.7 Å². The average molecular weight is 328 g/mol. The normalized spacial score (nSPS) is 11.6. The number of ether oxygens (including phenoxy) is 1. The Bertz CT molecular complexity index is 657. The lowest BCUT2D eigenvalue weighted by Gasteiger charge is -2.21. The summed E-state index contributed by atoms with van der Waals surface area (Å²) >= 11 is 5.47. The highest BCUT2D eigenvalue weighted by Gasteiger charge is 2.12. The fraction of sp³-hybridized carbons (Fsp3) is 0.316. The Hall–Kier alpha value is -2.07. The Kier molecular flexibility index (Phi) is 6.41. The summed E-state index contributed by atoms with van der Waals surface area (Å²) in [6.45, 7) is 6.90. The van der Waals surface area contributed by atoms with Crippen LogP contribution >= 0.6 is 12.2 Å². The van der Waals surface area contributed by atoms with Crippen LogP contribution in [-0.2, 0) is 0 Å². The van der Waals surface area contributed by atoms with Gasteiger partial charge in [0.15, 0.2) is 5.11 Å². The van der Waals surface area contributed by atoms with Crippen LogP contribution in [0.4, 0.5) is 5.69 Å². The van der Waals surface area contributed by atoms with Crippen molar-refractivity contribution in [1.82, 2.24) is 5.32 Å². The minimum atomic E-state index is 0.200. The lowest BCUT2D eigenvalue weighted by molar-refractivity contribution is 0.340. The zero-order valence-corrected chi connectivity index (χ0v) is 14.7. The van der Waals surface area contributed by atoms with Crippen LogP contribution in [0.2, 0.25) is 0 Å². The van der Waals surface area contributed by atoms with Crippen molar-refractivity contribution in [2.75, 3.05) is 11.9 Å². The van der Waals surface area contributed by atoms with Crippen molar-refractivity contribution < 1.29 is 4.74 Å². The molecule has 0 fully saturated rings. The Balaban J connectivity index is 2.03. The lowest BCUT2D eigenvalue weighted by Crippen LogP contribution is -2.32. The highest BCUT2D eigenvalue weighted by atomic mass is 32.1. The summed E-state index contributed by atoms with van der Waals surface area (Å²) in [6, 6.07) is 16.4. The van der Waals surface area contributed by atoms with Crippen molar-refractivity contribution in [3.8, 4) is 5.75 Å². The van der Waals surface area contributed by atoms with Crippen LogP contribution < -0.4 is 15.4 Å². The van der Waals surface area contributed by atoms with Gasteiger partial charge in [0, 0.05) is 11.8 Å². The molecule has 0 heterocycles. The van der Waals surface area contributed by atoms with Crippen molar-refractivity contribution >= 4 is 23.0 Å². The van der Waals surface area contributed by atoms with E-state index in [9.17, 15) is 0 Å². The molecule has 0 aliphatic carbocycles. The molecule has 3 nitrogen and oxygen atoms in total. The fourth-order valence-electron chi connectivity index (χ4n) is 2.53. The van der Waals surface area contributed by atoms with Gasteiger partial charge in [-0.15, -0.1) is 0 Å². The summed E-state index contributed by atoms with van der Waals surface area (Å²) < 4.78 is 5.51. The van der Waals surface area contributed by atoms with Gasteiger partial charge in [0.1, 0.15) is 5.75 Å². The first-order chi connectivity index (χ1) is 11.1. The third-order valence-electron chi connectivity index (χ3n) is 3.68. The number of nitrogens with one attached hydrogen (secondary N) is 2. The van der Waals surface area contributed by atoms with Crippen LogP contribution in [0.1, 0.15) is 37.4 Å². The summed E-state index contributed by atoms with van der Waals surface area (Å²) in [6.07, 6.45) is 0.964. The highest BCUT2D eigenvalue weighted by molar-refractivity contribution is 7.80. The Morgan fingerprint density at radius 2 is 1.91 bits per heavy atom. The molecule has 0 saturated heterocycles. The molecule has 0 amide bonds. The molecular formula is C19H24N2OS. The van der Waals surface area contributed by atoms with Gasteiger partial charge in [-0.3, -0.25) is 0 Å². The van der Waals surface area contributed by atoms with E-state index in [0.29, 0.717) is 11.7 Å². The maximum atomic E-state index is 5.51. The molecule has 0 aliphatic rings. The largest absolute Gasteiger partial charge is 0.494 e. The minimum Gasteiger partial charge on any atom is -0.494 e. The molecule has 23 heavy (non-hydrogen) atoms. The second-order valence-corrected chi connectivity index (χ2v) is 5.78. The van der Waals surface area contributed by atoms with E-state index < -0.39 is 0 Å². The zero-order chi connectivity index (χ0) is 16.7. The second-order valence-electron chi connectivity index (χ2n) is 5.38. The van der Waals surface area contributed by atoms with E-state index in [1.165, 1.54) is 11.1 Å². The fourth-order valence-corrected chi connectivity index (χ4v) is 2.79. The maximum absolute atomic E-state index is 5.51. The molecule has 2 aromatic rings. The molecule has 0 saturated carbocycles. The van der Waals surface area contributed by atoms with Gasteiger partial charge in [-0.2, -0.15) is 0 Å². The average Bonchev–Trinajstić information content (AvgIpc) is 2.54. The molecule has 0 spiro atoms. The van der Waals surface area contributed by atoms with Crippen LogP contribution in [0.5, 0.6) is 5.75 Å². The van der Waals surface area contributed by atoms with E-state index >= 15 is 0 Å². The molecule has 2 N–H and O–H groups in total. The lowest BCUT2D eigenvalue weighted by atomic mass is 10.00. The van der Waals surface area contributed by atoms with Crippen LogP contribution in [0, 0.1) is 6.92 Å². The van der Waals surface area contributed by atoms with Gasteiger partial charge in [-0.05, 0) is 55.7 Å². The molecule has 4 heteroatoms. The van der Waals surface area contributed by atoms with Gasteiger partial charge in [0.05, 0.1) is 12.6 Å². The Labute approximate surface area is 144 Å². The number of hydrogen-bond donors (Lipinski definition) is 2. The number of aryl methyl sites for hydroxylation is 1. The van der Waals surface area contributed by atoms with E-state index in [2.05, 4.69) is 48.7 Å². The minimum absolute atomic E-state index is 0.200. The van der Waals surface area contributed by atoms with Crippen LogP contribution in [0.25, 0.3) is 0 Å². The van der Waals surface area contributed by atoms with Crippen molar-refractivity contribution in [2.24, 2.45) is 0 Å². The molecule has 0 aromatic heterocycles. The number of hydrogen-bond acceptors (Lipinski definition) is 2. The number of benzene rings is 2. The molecule has 0 radical (unpaired) electrons. The summed E-state index contributed by atoms with van der Waals surface area (Å²) in [5.74, 6) is 0.839. The first kappa shape index (κ1) is 17.3. The molecule has 0 aliphatic heterocycles. The van der Waals surface area contributed by atoms with Crippen LogP contribution in [-0.4, -0.2) is 11.7 Å². The predicted octanol–water partition coefficient (Wildman–Crippen LogP) is 4.83. The number of anilines is 1. The van der Waals surface area contributed by atoms with Crippen molar-refractivity contribution in [1.29, 1.82) is 0 Å². The first-order valence-corrected chi connectivity index (χ1v) is 8.40. The third kappa shape index (κ3) is 4.96. The van der Waals surface area contributed by atoms with Gasteiger partial charge < -0.3 is 15.4 Å². The summed E-state index contributed by atoms with van der Waals surface area (Å²) in [7, 11) is 0. The van der Waals surface area contributed by atoms with Gasteiger partial charge in [0.2, 0.25) is 0 Å².